The minimum Gasteiger partial charge on any atom is -0.453 e. The first-order chi connectivity index (χ1) is 29.3. The molecule has 2 saturated heterocycles. The number of aliphatic hydroxyl groups is 1. The molecular formula is C46H44N8O6. The van der Waals surface area contributed by atoms with Gasteiger partial charge in [0.2, 0.25) is 11.8 Å². The fourth-order valence-electron chi connectivity index (χ4n) is 8.01. The molecule has 0 bridgehead atoms. The van der Waals surface area contributed by atoms with Crippen molar-refractivity contribution in [1.82, 2.24) is 40.4 Å². The van der Waals surface area contributed by atoms with Gasteiger partial charge < -0.3 is 40.2 Å². The SMILES string of the molecule is COC(=O)N[C@@H](C(=O)N1CCC[C@H]1c1nc2ccc(C#Cc3ccc(-c4cnc([C@@H]5CCCN5C(=O)[C@H](NC(=O)CO)c5ccccc5)[nH]4)cc3)cc2[nH]1)c1ccccc1. The van der Waals surface area contributed by atoms with Crippen LogP contribution in [0.1, 0.15) is 83.8 Å². The summed E-state index contributed by atoms with van der Waals surface area (Å²) in [6.45, 7) is 0.345. The fraction of sp³-hybridized carbons (Fsp3) is 0.261. The van der Waals surface area contributed by atoms with Gasteiger partial charge in [0.15, 0.2) is 0 Å². The van der Waals surface area contributed by atoms with E-state index in [2.05, 4.69) is 37.4 Å². The number of nitrogens with zero attached hydrogens (tertiary/aromatic N) is 4. The van der Waals surface area contributed by atoms with Gasteiger partial charge in [-0.3, -0.25) is 14.4 Å². The summed E-state index contributed by atoms with van der Waals surface area (Å²) in [5, 5.41) is 14.8. The third-order valence-corrected chi connectivity index (χ3v) is 11.0. The third kappa shape index (κ3) is 8.48. The van der Waals surface area contributed by atoms with Crippen molar-refractivity contribution in [3.05, 3.63) is 143 Å². The van der Waals surface area contributed by atoms with Crippen molar-refractivity contribution in [3.63, 3.8) is 0 Å². The van der Waals surface area contributed by atoms with E-state index in [1.54, 1.807) is 28.1 Å². The van der Waals surface area contributed by atoms with Gasteiger partial charge in [0.1, 0.15) is 30.3 Å². The van der Waals surface area contributed by atoms with Gasteiger partial charge in [0.05, 0.1) is 42.1 Å². The maximum absolute atomic E-state index is 13.9. The normalized spacial score (nSPS) is 17.1. The Labute approximate surface area is 346 Å². The molecule has 2 fully saturated rings. The first-order valence-corrected chi connectivity index (χ1v) is 19.9. The molecule has 0 spiro atoms. The zero-order valence-electron chi connectivity index (χ0n) is 32.9. The number of nitrogens with one attached hydrogen (secondary N) is 4. The van der Waals surface area contributed by atoms with Gasteiger partial charge in [-0.15, -0.1) is 0 Å². The number of amides is 4. The molecule has 0 aliphatic carbocycles. The minimum absolute atomic E-state index is 0.229. The molecule has 4 heterocycles. The Bertz CT molecular complexity index is 2560. The summed E-state index contributed by atoms with van der Waals surface area (Å²) in [4.78, 5) is 72.0. The summed E-state index contributed by atoms with van der Waals surface area (Å²) in [5.74, 6) is 6.74. The molecule has 2 aliphatic rings. The summed E-state index contributed by atoms with van der Waals surface area (Å²) in [6.07, 6.45) is 4.12. The number of ether oxygens (including phenoxy) is 1. The Morgan fingerprint density at radius 2 is 1.35 bits per heavy atom. The highest BCUT2D eigenvalue weighted by Crippen LogP contribution is 2.35. The molecule has 4 aromatic carbocycles. The molecule has 14 heteroatoms. The number of rotatable bonds is 10. The summed E-state index contributed by atoms with van der Waals surface area (Å²) >= 11 is 0. The molecule has 14 nitrogen and oxygen atoms in total. The number of carbonyl (C=O) groups is 4. The van der Waals surface area contributed by atoms with Gasteiger partial charge in [-0.05, 0) is 72.7 Å². The maximum atomic E-state index is 13.9. The van der Waals surface area contributed by atoms with Crippen molar-refractivity contribution < 1.29 is 29.0 Å². The lowest BCUT2D eigenvalue weighted by atomic mass is 10.0. The highest BCUT2D eigenvalue weighted by Gasteiger charge is 2.38. The maximum Gasteiger partial charge on any atom is 0.407 e. The van der Waals surface area contributed by atoms with Gasteiger partial charge in [-0.1, -0.05) is 84.6 Å². The molecule has 4 amide bonds. The number of alkyl carbamates (subject to hydrolysis) is 1. The van der Waals surface area contributed by atoms with Crippen molar-refractivity contribution in [1.29, 1.82) is 0 Å². The monoisotopic (exact) mass is 804 g/mol. The predicted molar refractivity (Wildman–Crippen MR) is 223 cm³/mol. The Hall–Kier alpha value is -7.24. The molecule has 4 atom stereocenters. The van der Waals surface area contributed by atoms with E-state index < -0.39 is 30.7 Å². The summed E-state index contributed by atoms with van der Waals surface area (Å²) in [5.41, 5.74) is 6.21. The van der Waals surface area contributed by atoms with Crippen molar-refractivity contribution in [2.45, 2.75) is 49.9 Å². The number of likely N-dealkylation sites (tertiary alicyclic amines) is 2. The lowest BCUT2D eigenvalue weighted by Gasteiger charge is -2.28. The first kappa shape index (κ1) is 39.6. The topological polar surface area (TPSA) is 186 Å². The van der Waals surface area contributed by atoms with E-state index >= 15 is 0 Å². The third-order valence-electron chi connectivity index (χ3n) is 11.0. The number of hydrogen-bond acceptors (Lipinski definition) is 8. The average Bonchev–Trinajstić information content (AvgIpc) is 4.13. The van der Waals surface area contributed by atoms with Crippen LogP contribution in [0.25, 0.3) is 22.3 Å². The Balaban J connectivity index is 0.941. The Morgan fingerprint density at radius 3 is 1.97 bits per heavy atom. The van der Waals surface area contributed by atoms with E-state index in [1.807, 2.05) is 91.0 Å². The van der Waals surface area contributed by atoms with Crippen molar-refractivity contribution in [3.8, 4) is 23.1 Å². The summed E-state index contributed by atoms with van der Waals surface area (Å²) in [6, 6.07) is 29.4. The van der Waals surface area contributed by atoms with E-state index in [9.17, 15) is 24.3 Å². The number of benzene rings is 4. The quantitative estimate of drug-likeness (QED) is 0.110. The number of aromatic nitrogens is 4. The number of fused-ring (bicyclic) bond motifs is 1. The standard InChI is InChI=1S/C46H44N8O6/c1-60-46(59)52-41(33-12-6-3-7-13-33)45(58)54-25-9-15-38(54)43-48-34-23-20-30(26-35(34)49-43)17-16-29-18-21-31(22-19-29)36-27-47-42(50-36)37-14-8-24-53(37)44(57)40(51-39(56)28-55)32-10-4-2-5-11-32/h2-7,10-13,18-23,26-27,37-38,40-41,55H,8-9,14-15,24-25,28H2,1H3,(H,47,50)(H,48,49)(H,51,56)(H,52,59)/t37-,38-,40+,41+/m0/s1. The van der Waals surface area contributed by atoms with Crippen LogP contribution in [0.5, 0.6) is 0 Å². The number of imidazole rings is 2. The van der Waals surface area contributed by atoms with E-state index in [4.69, 9.17) is 9.72 Å². The summed E-state index contributed by atoms with van der Waals surface area (Å²) < 4.78 is 4.82. The van der Waals surface area contributed by atoms with Crippen LogP contribution in [0.2, 0.25) is 0 Å². The van der Waals surface area contributed by atoms with Crippen molar-refractivity contribution >= 4 is 34.8 Å². The molecule has 5 N–H and O–H groups in total. The largest absolute Gasteiger partial charge is 0.453 e. The van der Waals surface area contributed by atoms with E-state index in [0.29, 0.717) is 35.9 Å². The van der Waals surface area contributed by atoms with E-state index in [-0.39, 0.29) is 23.9 Å². The van der Waals surface area contributed by atoms with E-state index in [0.717, 1.165) is 59.1 Å². The average molecular weight is 805 g/mol. The number of aliphatic hydroxyl groups excluding tert-OH is 1. The van der Waals surface area contributed by atoms with Gasteiger partial charge in [-0.2, -0.15) is 0 Å². The Kier molecular flexibility index (Phi) is 11.7. The second-order valence-corrected chi connectivity index (χ2v) is 14.8. The second kappa shape index (κ2) is 17.7. The van der Waals surface area contributed by atoms with Gasteiger partial charge in [0, 0.05) is 24.2 Å². The zero-order valence-corrected chi connectivity index (χ0v) is 32.9. The number of H-pyrrole nitrogens is 2. The smallest absolute Gasteiger partial charge is 0.407 e. The first-order valence-electron chi connectivity index (χ1n) is 19.9. The highest BCUT2D eigenvalue weighted by molar-refractivity contribution is 5.90. The molecule has 2 aromatic heterocycles. The molecule has 304 valence electrons. The van der Waals surface area contributed by atoms with Crippen molar-refractivity contribution in [2.24, 2.45) is 0 Å². The van der Waals surface area contributed by atoms with Crippen molar-refractivity contribution in [2.75, 3.05) is 26.8 Å². The minimum atomic E-state index is -0.925. The molecule has 2 aliphatic heterocycles. The van der Waals surface area contributed by atoms with Crippen LogP contribution in [-0.4, -0.2) is 85.5 Å². The molecule has 0 unspecified atom stereocenters. The molecule has 0 saturated carbocycles. The van der Waals surface area contributed by atoms with E-state index in [1.165, 1.54) is 7.11 Å². The highest BCUT2D eigenvalue weighted by atomic mass is 16.5. The lowest BCUT2D eigenvalue weighted by Crippen LogP contribution is -2.43. The summed E-state index contributed by atoms with van der Waals surface area (Å²) in [7, 11) is 1.27. The van der Waals surface area contributed by atoms with Crippen LogP contribution >= 0.6 is 0 Å². The molecular weight excluding hydrogens is 761 g/mol. The zero-order chi connectivity index (χ0) is 41.6. The van der Waals surface area contributed by atoms with Gasteiger partial charge in [-0.25, -0.2) is 14.8 Å². The Morgan fingerprint density at radius 1 is 0.767 bits per heavy atom. The van der Waals surface area contributed by atoms with Crippen LogP contribution in [0.3, 0.4) is 0 Å². The number of carbonyl (C=O) groups excluding carboxylic acids is 4. The number of methoxy groups -OCH3 is 1. The molecule has 60 heavy (non-hydrogen) atoms. The van der Waals surface area contributed by atoms with Crippen LogP contribution in [0, 0.1) is 11.8 Å². The van der Waals surface area contributed by atoms with Gasteiger partial charge in [0.25, 0.3) is 5.91 Å². The molecule has 6 aromatic rings. The molecule has 0 radical (unpaired) electrons. The van der Waals surface area contributed by atoms with Crippen LogP contribution < -0.4 is 10.6 Å². The number of hydrogen-bond donors (Lipinski definition) is 5. The molecule has 8 rings (SSSR count). The van der Waals surface area contributed by atoms with Crippen LogP contribution in [-0.2, 0) is 19.1 Å². The second-order valence-electron chi connectivity index (χ2n) is 14.8. The van der Waals surface area contributed by atoms with Gasteiger partial charge >= 0.3 is 6.09 Å². The number of aromatic amines is 2. The lowest BCUT2D eigenvalue weighted by molar-refractivity contribution is -0.138. The predicted octanol–water partition coefficient (Wildman–Crippen LogP) is 5.63. The van der Waals surface area contributed by atoms with Crippen LogP contribution in [0.4, 0.5) is 4.79 Å². The van der Waals surface area contributed by atoms with Crippen LogP contribution in [0.15, 0.2) is 109 Å². The fourth-order valence-corrected chi connectivity index (χ4v) is 8.01.